The summed E-state index contributed by atoms with van der Waals surface area (Å²) in [6.07, 6.45) is 2.42. The van der Waals surface area contributed by atoms with Crippen molar-refractivity contribution < 1.29 is 8.42 Å². The smallest absolute Gasteiger partial charge is 0.297 e. The second-order valence-electron chi connectivity index (χ2n) is 4.40. The number of sulfonamides is 1. The van der Waals surface area contributed by atoms with Gasteiger partial charge in [-0.05, 0) is 24.1 Å². The zero-order chi connectivity index (χ0) is 12.8. The number of hydrogen-bond donors (Lipinski definition) is 1. The molecule has 2 heterocycles. The van der Waals surface area contributed by atoms with Crippen molar-refractivity contribution in [3.05, 3.63) is 40.9 Å². The van der Waals surface area contributed by atoms with Gasteiger partial charge in [0.15, 0.2) is 5.03 Å². The molecule has 0 fully saturated rings. The summed E-state index contributed by atoms with van der Waals surface area (Å²) in [5.74, 6) is 0. The Labute approximate surface area is 106 Å². The molecule has 5 nitrogen and oxygen atoms in total. The Morgan fingerprint density at radius 3 is 2.83 bits per heavy atom. The van der Waals surface area contributed by atoms with E-state index in [0.29, 0.717) is 12.3 Å². The fraction of sp³-hybridized carbons (Fsp3) is 0.250. The number of rotatable bonds is 2. The highest BCUT2D eigenvalue weighted by molar-refractivity contribution is 7.94. The Morgan fingerprint density at radius 2 is 2.11 bits per heavy atom. The number of nitrogens with zero attached hydrogens (tertiary/aromatic N) is 2. The van der Waals surface area contributed by atoms with E-state index in [2.05, 4.69) is 15.4 Å². The zero-order valence-corrected chi connectivity index (χ0v) is 10.5. The molecule has 0 aromatic heterocycles. The summed E-state index contributed by atoms with van der Waals surface area (Å²) in [4.78, 5) is 2.12. The lowest BCUT2D eigenvalue weighted by atomic mass is 10.2. The molecule has 1 aromatic carbocycles. The van der Waals surface area contributed by atoms with Gasteiger partial charge in [0.2, 0.25) is 0 Å². The summed E-state index contributed by atoms with van der Waals surface area (Å²) in [7, 11) is -3.59. The number of anilines is 1. The van der Waals surface area contributed by atoms with Gasteiger partial charge in [0.05, 0.1) is 12.3 Å². The minimum Gasteiger partial charge on any atom is -0.388 e. The first-order valence-corrected chi connectivity index (χ1v) is 7.14. The van der Waals surface area contributed by atoms with Crippen LogP contribution in [0.15, 0.2) is 39.8 Å². The molecule has 0 saturated heterocycles. The Bertz CT molecular complexity index is 662. The van der Waals surface area contributed by atoms with Gasteiger partial charge in [-0.15, -0.1) is 0 Å². The van der Waals surface area contributed by atoms with Crippen LogP contribution in [0.3, 0.4) is 0 Å². The molecule has 94 valence electrons. The van der Waals surface area contributed by atoms with Crippen LogP contribution < -0.4 is 10.6 Å². The minimum atomic E-state index is -3.59. The van der Waals surface area contributed by atoms with Gasteiger partial charge in [-0.25, -0.2) is 0 Å². The lowest BCUT2D eigenvalue weighted by molar-refractivity contribution is 0.604. The predicted octanol–water partition coefficient (Wildman–Crippen LogP) is 0.634. The normalized spacial score (nSPS) is 20.6. The van der Waals surface area contributed by atoms with Crippen LogP contribution in [-0.2, 0) is 16.4 Å². The molecule has 0 radical (unpaired) electrons. The monoisotopic (exact) mass is 263 g/mol. The molecule has 1 aromatic rings. The van der Waals surface area contributed by atoms with Crippen LogP contribution in [-0.4, -0.2) is 27.2 Å². The molecule has 3 rings (SSSR count). The maximum Gasteiger partial charge on any atom is 0.297 e. The quantitative estimate of drug-likeness (QED) is 0.849. The topological polar surface area (TPSA) is 75.8 Å². The molecule has 18 heavy (non-hydrogen) atoms. The van der Waals surface area contributed by atoms with E-state index in [-0.39, 0.29) is 5.03 Å². The molecule has 0 atom stereocenters. The standard InChI is InChI=1S/C12H13N3O2S/c13-12-7-10(14-18(12,16)17)8-15-6-5-9-3-1-2-4-11(9)15/h1-4,7H,5-6,8,13H2. The Kier molecular flexibility index (Phi) is 2.41. The highest BCUT2D eigenvalue weighted by Crippen LogP contribution is 2.27. The number of para-hydroxylation sites is 1. The predicted molar refractivity (Wildman–Crippen MR) is 71.0 cm³/mol. The van der Waals surface area contributed by atoms with E-state index in [1.54, 1.807) is 0 Å². The van der Waals surface area contributed by atoms with Crippen LogP contribution in [0.2, 0.25) is 0 Å². The van der Waals surface area contributed by atoms with Crippen molar-refractivity contribution in [2.45, 2.75) is 6.42 Å². The number of fused-ring (bicyclic) bond motifs is 1. The third kappa shape index (κ3) is 1.78. The first kappa shape index (κ1) is 11.3. The van der Waals surface area contributed by atoms with Gasteiger partial charge in [-0.2, -0.15) is 12.8 Å². The van der Waals surface area contributed by atoms with Crippen molar-refractivity contribution in [2.24, 2.45) is 10.1 Å². The summed E-state index contributed by atoms with van der Waals surface area (Å²) in [5, 5.41) is -0.162. The number of nitrogens with two attached hydrogens (primary N) is 1. The molecule has 0 saturated carbocycles. The van der Waals surface area contributed by atoms with Gasteiger partial charge in [0.25, 0.3) is 10.0 Å². The summed E-state index contributed by atoms with van der Waals surface area (Å²) in [6, 6.07) is 8.12. The second-order valence-corrected chi connectivity index (χ2v) is 6.01. The van der Waals surface area contributed by atoms with Crippen molar-refractivity contribution >= 4 is 21.4 Å². The average molecular weight is 263 g/mol. The van der Waals surface area contributed by atoms with Crippen LogP contribution in [0.5, 0.6) is 0 Å². The maximum absolute atomic E-state index is 11.4. The van der Waals surface area contributed by atoms with E-state index in [1.165, 1.54) is 11.6 Å². The first-order chi connectivity index (χ1) is 8.56. The van der Waals surface area contributed by atoms with E-state index >= 15 is 0 Å². The van der Waals surface area contributed by atoms with Crippen LogP contribution >= 0.6 is 0 Å². The van der Waals surface area contributed by atoms with Crippen LogP contribution in [0, 0.1) is 0 Å². The molecular formula is C12H13N3O2S. The Morgan fingerprint density at radius 1 is 1.33 bits per heavy atom. The van der Waals surface area contributed by atoms with E-state index in [4.69, 9.17) is 5.73 Å². The molecule has 0 unspecified atom stereocenters. The van der Waals surface area contributed by atoms with E-state index in [1.807, 2.05) is 18.2 Å². The number of benzene rings is 1. The molecular weight excluding hydrogens is 250 g/mol. The molecule has 2 aliphatic heterocycles. The third-order valence-corrected chi connectivity index (χ3v) is 4.37. The summed E-state index contributed by atoms with van der Waals surface area (Å²) >= 11 is 0. The van der Waals surface area contributed by atoms with Crippen molar-refractivity contribution in [3.8, 4) is 0 Å². The van der Waals surface area contributed by atoms with Crippen molar-refractivity contribution in [3.63, 3.8) is 0 Å². The van der Waals surface area contributed by atoms with E-state index < -0.39 is 10.0 Å². The van der Waals surface area contributed by atoms with Crippen LogP contribution in [0.4, 0.5) is 5.69 Å². The Balaban J connectivity index is 1.85. The van der Waals surface area contributed by atoms with Crippen LogP contribution in [0.25, 0.3) is 0 Å². The number of hydrogen-bond acceptors (Lipinski definition) is 4. The first-order valence-electron chi connectivity index (χ1n) is 5.70. The Hall–Kier alpha value is -1.82. The van der Waals surface area contributed by atoms with Crippen molar-refractivity contribution in [2.75, 3.05) is 18.0 Å². The molecule has 6 heteroatoms. The maximum atomic E-state index is 11.4. The minimum absolute atomic E-state index is 0.162. The molecule has 0 amide bonds. The van der Waals surface area contributed by atoms with E-state index in [9.17, 15) is 8.42 Å². The van der Waals surface area contributed by atoms with Gasteiger partial charge in [0, 0.05) is 12.2 Å². The van der Waals surface area contributed by atoms with Gasteiger partial charge >= 0.3 is 0 Å². The molecule has 2 N–H and O–H groups in total. The largest absolute Gasteiger partial charge is 0.388 e. The van der Waals surface area contributed by atoms with Gasteiger partial charge in [-0.3, -0.25) is 0 Å². The highest BCUT2D eigenvalue weighted by atomic mass is 32.2. The van der Waals surface area contributed by atoms with E-state index in [0.717, 1.165) is 18.7 Å². The molecule has 2 aliphatic rings. The fourth-order valence-electron chi connectivity index (χ4n) is 2.31. The average Bonchev–Trinajstić information content (AvgIpc) is 2.82. The van der Waals surface area contributed by atoms with Crippen molar-refractivity contribution in [1.82, 2.24) is 0 Å². The van der Waals surface area contributed by atoms with Crippen molar-refractivity contribution in [1.29, 1.82) is 0 Å². The summed E-state index contributed by atoms with van der Waals surface area (Å²) in [6.45, 7) is 1.36. The lowest BCUT2D eigenvalue weighted by Gasteiger charge is -2.18. The lowest BCUT2D eigenvalue weighted by Crippen LogP contribution is -2.26. The second kappa shape index (κ2) is 3.84. The summed E-state index contributed by atoms with van der Waals surface area (Å²) < 4.78 is 26.5. The highest BCUT2D eigenvalue weighted by Gasteiger charge is 2.25. The van der Waals surface area contributed by atoms with Crippen LogP contribution in [0.1, 0.15) is 5.56 Å². The van der Waals surface area contributed by atoms with Gasteiger partial charge in [0.1, 0.15) is 0 Å². The molecule has 0 bridgehead atoms. The van der Waals surface area contributed by atoms with Gasteiger partial charge in [-0.1, -0.05) is 18.2 Å². The molecule has 0 aliphatic carbocycles. The zero-order valence-electron chi connectivity index (χ0n) is 9.70. The molecule has 0 spiro atoms. The third-order valence-electron chi connectivity index (χ3n) is 3.18. The van der Waals surface area contributed by atoms with Gasteiger partial charge < -0.3 is 10.6 Å². The fourth-order valence-corrected chi connectivity index (χ4v) is 3.12. The SMILES string of the molecule is NC1=CC(CN2CCc3ccccc32)=NS1(=O)=O. The summed E-state index contributed by atoms with van der Waals surface area (Å²) in [5.41, 5.74) is 8.35.